The van der Waals surface area contributed by atoms with E-state index in [0.717, 1.165) is 12.1 Å². The number of nitrogens with zero attached hydrogens (tertiary/aromatic N) is 3. The summed E-state index contributed by atoms with van der Waals surface area (Å²) in [7, 11) is 0. The van der Waals surface area contributed by atoms with Crippen molar-refractivity contribution in [1.82, 2.24) is 9.97 Å². The van der Waals surface area contributed by atoms with Gasteiger partial charge < -0.3 is 5.73 Å². The number of anilines is 1. The summed E-state index contributed by atoms with van der Waals surface area (Å²) in [5, 5.41) is 9.29. The number of nitrogens with two attached hydrogens (primary N) is 1. The number of pyridine rings is 2. The molecule has 0 aliphatic carbocycles. The molecule has 4 nitrogen and oxygen atoms in total. The molecule has 0 aliphatic heterocycles. The van der Waals surface area contributed by atoms with E-state index in [4.69, 9.17) is 5.73 Å². The average molecular weight is 308 g/mol. The Hall–Kier alpha value is -3.33. The SMILES string of the molecule is N#Cc1c(-c2ccc(F)cc2F)cc(-c2ccccn2)nc1N. The summed E-state index contributed by atoms with van der Waals surface area (Å²) in [4.78, 5) is 8.31. The van der Waals surface area contributed by atoms with Gasteiger partial charge in [0, 0.05) is 23.4 Å². The Morgan fingerprint density at radius 1 is 1.00 bits per heavy atom. The third kappa shape index (κ3) is 2.72. The minimum Gasteiger partial charge on any atom is -0.383 e. The number of hydrogen-bond acceptors (Lipinski definition) is 4. The van der Waals surface area contributed by atoms with E-state index in [-0.39, 0.29) is 22.5 Å². The summed E-state index contributed by atoms with van der Waals surface area (Å²) in [5.74, 6) is -1.51. The molecule has 0 fully saturated rings. The molecule has 0 unspecified atom stereocenters. The Balaban J connectivity index is 2.27. The molecule has 0 aliphatic rings. The Labute approximate surface area is 130 Å². The molecule has 3 rings (SSSR count). The topological polar surface area (TPSA) is 75.6 Å². The Morgan fingerprint density at radius 2 is 1.83 bits per heavy atom. The zero-order valence-corrected chi connectivity index (χ0v) is 11.8. The van der Waals surface area contributed by atoms with Crippen LogP contribution in [-0.2, 0) is 0 Å². The first-order chi connectivity index (χ1) is 11.1. The van der Waals surface area contributed by atoms with E-state index in [1.165, 1.54) is 12.1 Å². The third-order valence-electron chi connectivity index (χ3n) is 3.31. The first-order valence-electron chi connectivity index (χ1n) is 6.67. The van der Waals surface area contributed by atoms with Crippen LogP contribution in [0.15, 0.2) is 48.7 Å². The predicted molar refractivity (Wildman–Crippen MR) is 81.9 cm³/mol. The number of nitrogen functional groups attached to an aromatic ring is 1. The van der Waals surface area contributed by atoms with Crippen LogP contribution < -0.4 is 5.73 Å². The molecule has 3 aromatic rings. The van der Waals surface area contributed by atoms with E-state index in [2.05, 4.69) is 9.97 Å². The van der Waals surface area contributed by atoms with E-state index < -0.39 is 11.6 Å². The lowest BCUT2D eigenvalue weighted by molar-refractivity contribution is 0.585. The minimum absolute atomic E-state index is 0.0330. The van der Waals surface area contributed by atoms with Crippen molar-refractivity contribution < 1.29 is 8.78 Å². The smallest absolute Gasteiger partial charge is 0.142 e. The number of nitriles is 1. The molecule has 23 heavy (non-hydrogen) atoms. The number of aromatic nitrogens is 2. The summed E-state index contributed by atoms with van der Waals surface area (Å²) in [6.07, 6.45) is 1.59. The second-order valence-corrected chi connectivity index (χ2v) is 4.77. The van der Waals surface area contributed by atoms with Crippen LogP contribution in [-0.4, -0.2) is 9.97 Å². The molecule has 0 saturated carbocycles. The lowest BCUT2D eigenvalue weighted by Gasteiger charge is -2.10. The van der Waals surface area contributed by atoms with Crippen molar-refractivity contribution >= 4 is 5.82 Å². The normalized spacial score (nSPS) is 10.3. The van der Waals surface area contributed by atoms with Crippen LogP contribution in [0.4, 0.5) is 14.6 Å². The fourth-order valence-electron chi connectivity index (χ4n) is 2.25. The Morgan fingerprint density at radius 3 is 2.48 bits per heavy atom. The summed E-state index contributed by atoms with van der Waals surface area (Å²) in [6, 6.07) is 11.8. The minimum atomic E-state index is -0.779. The van der Waals surface area contributed by atoms with Crippen molar-refractivity contribution in [2.75, 3.05) is 5.73 Å². The zero-order chi connectivity index (χ0) is 16.4. The molecule has 0 atom stereocenters. The molecule has 0 saturated heterocycles. The third-order valence-corrected chi connectivity index (χ3v) is 3.31. The van der Waals surface area contributed by atoms with Crippen molar-refractivity contribution in [3.8, 4) is 28.6 Å². The van der Waals surface area contributed by atoms with Gasteiger partial charge in [-0.15, -0.1) is 0 Å². The van der Waals surface area contributed by atoms with Crippen molar-refractivity contribution in [2.45, 2.75) is 0 Å². The molecule has 0 spiro atoms. The van der Waals surface area contributed by atoms with Crippen LogP contribution in [0.2, 0.25) is 0 Å². The Bertz CT molecular complexity index is 918. The zero-order valence-electron chi connectivity index (χ0n) is 11.8. The maximum Gasteiger partial charge on any atom is 0.142 e. The van der Waals surface area contributed by atoms with Crippen LogP contribution in [0.1, 0.15) is 5.56 Å². The average Bonchev–Trinajstić information content (AvgIpc) is 2.55. The van der Waals surface area contributed by atoms with Crippen LogP contribution in [0.25, 0.3) is 22.5 Å². The highest BCUT2D eigenvalue weighted by Gasteiger charge is 2.16. The van der Waals surface area contributed by atoms with Gasteiger partial charge in [-0.1, -0.05) is 6.07 Å². The van der Waals surface area contributed by atoms with Crippen molar-refractivity contribution in [3.63, 3.8) is 0 Å². The monoisotopic (exact) mass is 308 g/mol. The molecule has 112 valence electrons. The molecule has 2 heterocycles. The van der Waals surface area contributed by atoms with Gasteiger partial charge in [-0.25, -0.2) is 13.8 Å². The fourth-order valence-corrected chi connectivity index (χ4v) is 2.25. The molecular formula is C17H10F2N4. The Kier molecular flexibility index (Phi) is 3.69. The summed E-state index contributed by atoms with van der Waals surface area (Å²) in [5.41, 5.74) is 7.13. The molecular weight excluding hydrogens is 298 g/mol. The van der Waals surface area contributed by atoms with Crippen molar-refractivity contribution in [2.24, 2.45) is 0 Å². The van der Waals surface area contributed by atoms with Crippen LogP contribution >= 0.6 is 0 Å². The second-order valence-electron chi connectivity index (χ2n) is 4.77. The van der Waals surface area contributed by atoms with Gasteiger partial charge in [-0.05, 0) is 30.3 Å². The lowest BCUT2D eigenvalue weighted by Crippen LogP contribution is -2.01. The van der Waals surface area contributed by atoms with E-state index in [1.807, 2.05) is 6.07 Å². The number of halogens is 2. The molecule has 1 aromatic carbocycles. The van der Waals surface area contributed by atoms with E-state index in [0.29, 0.717) is 11.4 Å². The summed E-state index contributed by atoms with van der Waals surface area (Å²) >= 11 is 0. The predicted octanol–water partition coefficient (Wildman–Crippen LogP) is 3.54. The van der Waals surface area contributed by atoms with Gasteiger partial charge in [-0.3, -0.25) is 4.98 Å². The van der Waals surface area contributed by atoms with Gasteiger partial charge in [0.15, 0.2) is 0 Å². The largest absolute Gasteiger partial charge is 0.383 e. The molecule has 0 bridgehead atoms. The molecule has 2 N–H and O–H groups in total. The number of rotatable bonds is 2. The van der Waals surface area contributed by atoms with Crippen LogP contribution in [0.3, 0.4) is 0 Å². The number of hydrogen-bond donors (Lipinski definition) is 1. The molecule has 0 radical (unpaired) electrons. The second kappa shape index (κ2) is 5.81. The first-order valence-corrected chi connectivity index (χ1v) is 6.67. The highest BCUT2D eigenvalue weighted by Crippen LogP contribution is 2.32. The standard InChI is InChI=1S/C17H10F2N4/c18-10-4-5-11(14(19)7-10)12-8-16(15-3-1-2-6-22-15)23-17(21)13(12)9-20/h1-8H,(H2,21,23). The van der Waals surface area contributed by atoms with E-state index in [1.54, 1.807) is 24.4 Å². The summed E-state index contributed by atoms with van der Waals surface area (Å²) in [6.45, 7) is 0. The van der Waals surface area contributed by atoms with E-state index in [9.17, 15) is 14.0 Å². The summed E-state index contributed by atoms with van der Waals surface area (Å²) < 4.78 is 27.2. The van der Waals surface area contributed by atoms with Gasteiger partial charge in [0.25, 0.3) is 0 Å². The highest BCUT2D eigenvalue weighted by molar-refractivity contribution is 5.79. The van der Waals surface area contributed by atoms with Crippen molar-refractivity contribution in [1.29, 1.82) is 5.26 Å². The first kappa shape index (κ1) is 14.6. The lowest BCUT2D eigenvalue weighted by atomic mass is 9.99. The maximum absolute atomic E-state index is 14.1. The highest BCUT2D eigenvalue weighted by atomic mass is 19.1. The molecule has 0 amide bonds. The molecule has 2 aromatic heterocycles. The van der Waals surface area contributed by atoms with Crippen molar-refractivity contribution in [3.05, 3.63) is 65.9 Å². The molecule has 6 heteroatoms. The van der Waals surface area contributed by atoms with Gasteiger partial charge in [0.2, 0.25) is 0 Å². The van der Waals surface area contributed by atoms with Crippen LogP contribution in [0, 0.1) is 23.0 Å². The maximum atomic E-state index is 14.1. The van der Waals surface area contributed by atoms with Gasteiger partial charge in [-0.2, -0.15) is 5.26 Å². The van der Waals surface area contributed by atoms with Gasteiger partial charge in [0.05, 0.1) is 11.4 Å². The fraction of sp³-hybridized carbons (Fsp3) is 0. The van der Waals surface area contributed by atoms with Gasteiger partial charge >= 0.3 is 0 Å². The quantitative estimate of drug-likeness (QED) is 0.785. The van der Waals surface area contributed by atoms with Gasteiger partial charge in [0.1, 0.15) is 29.1 Å². The van der Waals surface area contributed by atoms with Crippen LogP contribution in [0.5, 0.6) is 0 Å². The van der Waals surface area contributed by atoms with E-state index >= 15 is 0 Å². The number of benzene rings is 1.